The number of nitrogens with zero attached hydrogens (tertiary/aromatic N) is 2. The molecular weight excluding hydrogens is 238 g/mol. The number of rotatable bonds is 6. The van der Waals surface area contributed by atoms with Crippen LogP contribution in [-0.2, 0) is 6.42 Å². The van der Waals surface area contributed by atoms with E-state index in [1.165, 1.54) is 0 Å². The van der Waals surface area contributed by atoms with Gasteiger partial charge in [-0.1, -0.05) is 31.7 Å². The van der Waals surface area contributed by atoms with Gasteiger partial charge < -0.3 is 10.4 Å². The molecule has 6 heteroatoms. The van der Waals surface area contributed by atoms with Crippen LogP contribution in [0.3, 0.4) is 0 Å². The van der Waals surface area contributed by atoms with E-state index in [9.17, 15) is 9.90 Å². The third kappa shape index (κ3) is 4.05. The minimum atomic E-state index is -0.519. The molecule has 0 aliphatic carbocycles. The van der Waals surface area contributed by atoms with Crippen molar-refractivity contribution in [3.63, 3.8) is 0 Å². The molecule has 0 aliphatic heterocycles. The summed E-state index contributed by atoms with van der Waals surface area (Å²) in [4.78, 5) is 12.4. The van der Waals surface area contributed by atoms with Gasteiger partial charge in [-0.15, -0.1) is 5.10 Å². The molecule has 1 atom stereocenters. The Morgan fingerprint density at radius 1 is 1.53 bits per heavy atom. The molecule has 2 N–H and O–H groups in total. The number of carbonyl (C=O) groups excluding carboxylic acids is 1. The van der Waals surface area contributed by atoms with Crippen molar-refractivity contribution in [2.24, 2.45) is 5.92 Å². The zero-order chi connectivity index (χ0) is 12.8. The molecule has 0 aromatic carbocycles. The van der Waals surface area contributed by atoms with E-state index in [4.69, 9.17) is 0 Å². The molecule has 0 spiro atoms. The lowest BCUT2D eigenvalue weighted by Crippen LogP contribution is -2.34. The summed E-state index contributed by atoms with van der Waals surface area (Å²) in [5.74, 6) is -0.0619. The van der Waals surface area contributed by atoms with Crippen LogP contribution in [0.2, 0.25) is 0 Å². The molecule has 0 saturated carbocycles. The van der Waals surface area contributed by atoms with Gasteiger partial charge in [0.2, 0.25) is 0 Å². The number of aliphatic hydroxyl groups is 1. The van der Waals surface area contributed by atoms with Crippen LogP contribution in [0.1, 0.15) is 42.6 Å². The maximum absolute atomic E-state index is 11.8. The van der Waals surface area contributed by atoms with Crippen LogP contribution < -0.4 is 5.32 Å². The molecule has 0 aliphatic rings. The van der Waals surface area contributed by atoms with Crippen LogP contribution in [0.25, 0.3) is 0 Å². The first-order valence-electron chi connectivity index (χ1n) is 5.83. The second-order valence-electron chi connectivity index (χ2n) is 4.32. The molecule has 0 bridgehead atoms. The number of amides is 1. The van der Waals surface area contributed by atoms with Gasteiger partial charge in [-0.25, -0.2) is 0 Å². The van der Waals surface area contributed by atoms with Crippen molar-refractivity contribution < 1.29 is 9.90 Å². The Bertz CT molecular complexity index is 365. The van der Waals surface area contributed by atoms with E-state index in [1.54, 1.807) is 0 Å². The SMILES string of the molecule is CCCc1nnsc1C(=O)NCC(O)C(C)C. The molecule has 1 amide bonds. The topological polar surface area (TPSA) is 75.1 Å². The maximum Gasteiger partial charge on any atom is 0.265 e. The molecule has 0 fully saturated rings. The second-order valence-corrected chi connectivity index (χ2v) is 5.07. The van der Waals surface area contributed by atoms with Crippen LogP contribution in [0.5, 0.6) is 0 Å². The molecule has 0 saturated heterocycles. The third-order valence-corrected chi connectivity index (χ3v) is 3.26. The van der Waals surface area contributed by atoms with E-state index in [-0.39, 0.29) is 18.4 Å². The molecular formula is C11H19N3O2S. The van der Waals surface area contributed by atoms with Crippen LogP contribution in [-0.4, -0.2) is 33.2 Å². The predicted molar refractivity (Wildman–Crippen MR) is 67.1 cm³/mol. The van der Waals surface area contributed by atoms with E-state index >= 15 is 0 Å². The van der Waals surface area contributed by atoms with Crippen molar-refractivity contribution in [2.75, 3.05) is 6.54 Å². The summed E-state index contributed by atoms with van der Waals surface area (Å²) in [6, 6.07) is 0. The number of aromatic nitrogens is 2. The predicted octanol–water partition coefficient (Wildman–Crippen LogP) is 1.24. The molecule has 17 heavy (non-hydrogen) atoms. The van der Waals surface area contributed by atoms with Crippen LogP contribution in [0, 0.1) is 5.92 Å². The van der Waals surface area contributed by atoms with E-state index in [2.05, 4.69) is 14.9 Å². The number of aryl methyl sites for hydroxylation is 1. The van der Waals surface area contributed by atoms with Gasteiger partial charge in [0.1, 0.15) is 4.88 Å². The molecule has 1 heterocycles. The Balaban J connectivity index is 2.55. The van der Waals surface area contributed by atoms with Gasteiger partial charge in [-0.3, -0.25) is 4.79 Å². The summed E-state index contributed by atoms with van der Waals surface area (Å²) in [5, 5.41) is 16.2. The van der Waals surface area contributed by atoms with Crippen LogP contribution in [0.4, 0.5) is 0 Å². The van der Waals surface area contributed by atoms with Gasteiger partial charge in [0.05, 0.1) is 11.8 Å². The Hall–Kier alpha value is -1.01. The van der Waals surface area contributed by atoms with Crippen molar-refractivity contribution in [1.29, 1.82) is 0 Å². The van der Waals surface area contributed by atoms with Gasteiger partial charge in [-0.2, -0.15) is 0 Å². The average Bonchev–Trinajstić information content (AvgIpc) is 2.74. The monoisotopic (exact) mass is 257 g/mol. The average molecular weight is 257 g/mol. The van der Waals surface area contributed by atoms with Crippen molar-refractivity contribution in [3.8, 4) is 0 Å². The van der Waals surface area contributed by atoms with Crippen molar-refractivity contribution >= 4 is 17.4 Å². The fourth-order valence-corrected chi connectivity index (χ4v) is 1.92. The van der Waals surface area contributed by atoms with Gasteiger partial charge in [0, 0.05) is 6.54 Å². The number of hydrogen-bond donors (Lipinski definition) is 2. The molecule has 1 rings (SSSR count). The Kier molecular flexibility index (Phi) is 5.50. The van der Waals surface area contributed by atoms with Gasteiger partial charge in [-0.05, 0) is 23.9 Å². The van der Waals surface area contributed by atoms with Gasteiger partial charge >= 0.3 is 0 Å². The van der Waals surface area contributed by atoms with Crippen molar-refractivity contribution in [3.05, 3.63) is 10.6 Å². The first-order valence-corrected chi connectivity index (χ1v) is 6.61. The van der Waals surface area contributed by atoms with E-state index < -0.39 is 6.10 Å². The first kappa shape index (κ1) is 14.1. The summed E-state index contributed by atoms with van der Waals surface area (Å²) < 4.78 is 3.79. The van der Waals surface area contributed by atoms with Crippen LogP contribution in [0.15, 0.2) is 0 Å². The third-order valence-electron chi connectivity index (χ3n) is 2.49. The fraction of sp³-hybridized carbons (Fsp3) is 0.727. The lowest BCUT2D eigenvalue weighted by atomic mass is 10.1. The number of aliphatic hydroxyl groups excluding tert-OH is 1. The van der Waals surface area contributed by atoms with Crippen molar-refractivity contribution in [2.45, 2.75) is 39.7 Å². The Labute approximate surface area is 105 Å². The first-order chi connectivity index (χ1) is 8.06. The normalized spacial score (nSPS) is 12.8. The fourth-order valence-electron chi connectivity index (χ4n) is 1.29. The highest BCUT2D eigenvalue weighted by Crippen LogP contribution is 2.12. The molecule has 1 unspecified atom stereocenters. The molecule has 96 valence electrons. The number of hydrogen-bond acceptors (Lipinski definition) is 5. The summed E-state index contributed by atoms with van der Waals surface area (Å²) in [6.07, 6.45) is 1.17. The smallest absolute Gasteiger partial charge is 0.265 e. The second kappa shape index (κ2) is 6.66. The van der Waals surface area contributed by atoms with E-state index in [0.717, 1.165) is 30.1 Å². The molecule has 1 aromatic rings. The van der Waals surface area contributed by atoms with Crippen LogP contribution >= 0.6 is 11.5 Å². The minimum absolute atomic E-state index is 0.130. The standard InChI is InChI=1S/C11H19N3O2S/c1-4-5-8-10(17-14-13-8)11(16)12-6-9(15)7(2)3/h7,9,15H,4-6H2,1-3H3,(H,12,16). The lowest BCUT2D eigenvalue weighted by Gasteiger charge is -2.14. The zero-order valence-electron chi connectivity index (χ0n) is 10.4. The maximum atomic E-state index is 11.8. The summed E-state index contributed by atoms with van der Waals surface area (Å²) in [5.41, 5.74) is 0.744. The Morgan fingerprint density at radius 2 is 2.24 bits per heavy atom. The quantitative estimate of drug-likeness (QED) is 0.804. The van der Waals surface area contributed by atoms with Gasteiger partial charge in [0.15, 0.2) is 0 Å². The summed E-state index contributed by atoms with van der Waals surface area (Å²) in [7, 11) is 0. The molecule has 1 aromatic heterocycles. The summed E-state index contributed by atoms with van der Waals surface area (Å²) >= 11 is 1.10. The highest BCUT2D eigenvalue weighted by Gasteiger charge is 2.17. The highest BCUT2D eigenvalue weighted by atomic mass is 32.1. The molecule has 0 radical (unpaired) electrons. The Morgan fingerprint density at radius 3 is 2.82 bits per heavy atom. The minimum Gasteiger partial charge on any atom is -0.391 e. The van der Waals surface area contributed by atoms with Gasteiger partial charge in [0.25, 0.3) is 5.91 Å². The van der Waals surface area contributed by atoms with E-state index in [0.29, 0.717) is 4.88 Å². The zero-order valence-corrected chi connectivity index (χ0v) is 11.3. The number of carbonyl (C=O) groups is 1. The lowest BCUT2D eigenvalue weighted by molar-refractivity contribution is 0.0874. The number of nitrogens with one attached hydrogen (secondary N) is 1. The molecule has 5 nitrogen and oxygen atoms in total. The van der Waals surface area contributed by atoms with Crippen molar-refractivity contribution in [1.82, 2.24) is 14.9 Å². The van der Waals surface area contributed by atoms with E-state index in [1.807, 2.05) is 20.8 Å². The highest BCUT2D eigenvalue weighted by molar-refractivity contribution is 7.08. The summed E-state index contributed by atoms with van der Waals surface area (Å²) in [6.45, 7) is 6.12. The largest absolute Gasteiger partial charge is 0.391 e.